The van der Waals surface area contributed by atoms with Crippen LogP contribution in [0, 0.1) is 6.92 Å². The summed E-state index contributed by atoms with van der Waals surface area (Å²) in [4.78, 5) is 18.5. The lowest BCUT2D eigenvalue weighted by Gasteiger charge is -2.20. The van der Waals surface area contributed by atoms with Gasteiger partial charge in [-0.2, -0.15) is 0 Å². The molecule has 0 spiro atoms. The molecule has 1 aliphatic heterocycles. The summed E-state index contributed by atoms with van der Waals surface area (Å²) >= 11 is 1.31. The fraction of sp³-hybridized carbons (Fsp3) is 0.360. The molecule has 6 nitrogen and oxygen atoms in total. The minimum absolute atomic E-state index is 0.129. The summed E-state index contributed by atoms with van der Waals surface area (Å²) in [5.74, 6) is 1.14. The number of phenols is 1. The van der Waals surface area contributed by atoms with Gasteiger partial charge in [-0.05, 0) is 74.1 Å². The topological polar surface area (TPSA) is 74.7 Å². The number of nitrogens with one attached hydrogen (secondary N) is 1. The lowest BCUT2D eigenvalue weighted by atomic mass is 10.1. The highest BCUT2D eigenvalue weighted by atomic mass is 32.1. The molecule has 2 fully saturated rings. The highest BCUT2D eigenvalue weighted by Crippen LogP contribution is 2.31. The van der Waals surface area contributed by atoms with E-state index in [1.165, 1.54) is 67.6 Å². The van der Waals surface area contributed by atoms with E-state index in [0.717, 1.165) is 11.3 Å². The molecule has 0 bridgehead atoms. The summed E-state index contributed by atoms with van der Waals surface area (Å²) in [6.07, 6.45) is 7.16. The van der Waals surface area contributed by atoms with Crippen LogP contribution >= 0.6 is 11.3 Å². The van der Waals surface area contributed by atoms with E-state index < -0.39 is 0 Å². The van der Waals surface area contributed by atoms with E-state index in [4.69, 9.17) is 9.84 Å². The molecule has 1 aliphatic carbocycles. The molecular formula is C25H29N3O3S. The minimum atomic E-state index is -0.129. The van der Waals surface area contributed by atoms with Gasteiger partial charge in [0, 0.05) is 25.3 Å². The average molecular weight is 452 g/mol. The van der Waals surface area contributed by atoms with E-state index in [0.29, 0.717) is 17.5 Å². The predicted octanol–water partition coefficient (Wildman–Crippen LogP) is 4.92. The maximum atomic E-state index is 11.6. The van der Waals surface area contributed by atoms with E-state index >= 15 is 0 Å². The second-order valence-electron chi connectivity index (χ2n) is 8.17. The van der Waals surface area contributed by atoms with Crippen LogP contribution in [0.15, 0.2) is 54.2 Å². The summed E-state index contributed by atoms with van der Waals surface area (Å²) in [5, 5.41) is 11.9. The second-order valence-corrected chi connectivity index (χ2v) is 9.06. The number of benzene rings is 2. The standard InChI is InChI=1S/C14H19NO.C11H10N2O2S/c1-11-10-13(16-12-4-5-12)6-7-14(11)15-8-2-3-9-15;14-9-3-1-8(2-4-9)5-13-11(15)10-6-12-7-16-10/h6-7,10,12H,2-5,8-9H2,1H3;1-4,6-7,14H,5H2,(H,13,15). The monoisotopic (exact) mass is 451 g/mol. The van der Waals surface area contributed by atoms with Gasteiger partial charge in [0.1, 0.15) is 16.4 Å². The first-order chi connectivity index (χ1) is 15.6. The molecule has 0 atom stereocenters. The molecule has 1 amide bonds. The van der Waals surface area contributed by atoms with E-state index in [-0.39, 0.29) is 11.7 Å². The molecule has 32 heavy (non-hydrogen) atoms. The number of phenolic OH excluding ortho intramolecular Hbond substituents is 1. The quantitative estimate of drug-likeness (QED) is 0.557. The molecule has 2 aromatic carbocycles. The van der Waals surface area contributed by atoms with Crippen molar-refractivity contribution in [3.8, 4) is 11.5 Å². The van der Waals surface area contributed by atoms with Gasteiger partial charge in [-0.3, -0.25) is 9.78 Å². The molecule has 168 valence electrons. The molecule has 3 aromatic rings. The van der Waals surface area contributed by atoms with E-state index in [9.17, 15) is 4.79 Å². The third-order valence-electron chi connectivity index (χ3n) is 5.49. The van der Waals surface area contributed by atoms with Gasteiger partial charge < -0.3 is 20.1 Å². The number of aromatic hydroxyl groups is 1. The normalized spacial score (nSPS) is 15.1. The molecule has 1 saturated heterocycles. The number of rotatable bonds is 6. The summed E-state index contributed by atoms with van der Waals surface area (Å²) in [6.45, 7) is 5.05. The zero-order valence-electron chi connectivity index (χ0n) is 18.3. The van der Waals surface area contributed by atoms with Gasteiger partial charge in [0.05, 0.1) is 17.8 Å². The number of carbonyl (C=O) groups excluding carboxylic acids is 1. The second kappa shape index (κ2) is 10.5. The Morgan fingerprint density at radius 1 is 1.19 bits per heavy atom. The van der Waals surface area contributed by atoms with E-state index in [2.05, 4.69) is 40.3 Å². The van der Waals surface area contributed by atoms with Crippen LogP contribution in [0.4, 0.5) is 5.69 Å². The van der Waals surface area contributed by atoms with Crippen molar-refractivity contribution in [3.05, 3.63) is 70.2 Å². The van der Waals surface area contributed by atoms with Crippen LogP contribution < -0.4 is 15.0 Å². The first kappa shape index (κ1) is 22.1. The van der Waals surface area contributed by atoms with Crippen molar-refractivity contribution in [3.63, 3.8) is 0 Å². The van der Waals surface area contributed by atoms with Crippen LogP contribution in [0.2, 0.25) is 0 Å². The van der Waals surface area contributed by atoms with Crippen LogP contribution in [-0.4, -0.2) is 35.2 Å². The lowest BCUT2D eigenvalue weighted by molar-refractivity contribution is 0.0954. The molecule has 1 saturated carbocycles. The van der Waals surface area contributed by atoms with Crippen molar-refractivity contribution in [2.45, 2.75) is 45.3 Å². The van der Waals surface area contributed by atoms with Crippen molar-refractivity contribution < 1.29 is 14.6 Å². The van der Waals surface area contributed by atoms with Gasteiger partial charge in [-0.15, -0.1) is 11.3 Å². The van der Waals surface area contributed by atoms with Crippen molar-refractivity contribution >= 4 is 22.9 Å². The summed E-state index contributed by atoms with van der Waals surface area (Å²) in [6, 6.07) is 13.2. The average Bonchev–Trinajstić information content (AvgIpc) is 3.23. The summed E-state index contributed by atoms with van der Waals surface area (Å²) in [5.41, 5.74) is 5.30. The third-order valence-corrected chi connectivity index (χ3v) is 6.26. The van der Waals surface area contributed by atoms with Crippen molar-refractivity contribution in [2.24, 2.45) is 0 Å². The minimum Gasteiger partial charge on any atom is -0.508 e. The van der Waals surface area contributed by atoms with Crippen LogP contribution in [0.5, 0.6) is 11.5 Å². The first-order valence-corrected chi connectivity index (χ1v) is 11.9. The van der Waals surface area contributed by atoms with Gasteiger partial charge >= 0.3 is 0 Å². The Morgan fingerprint density at radius 3 is 2.56 bits per heavy atom. The Labute approximate surface area is 192 Å². The Bertz CT molecular complexity index is 1010. The molecule has 7 heteroatoms. The van der Waals surface area contributed by atoms with Crippen molar-refractivity contribution in [2.75, 3.05) is 18.0 Å². The lowest BCUT2D eigenvalue weighted by Crippen LogP contribution is -2.21. The Kier molecular flexibility index (Phi) is 7.27. The molecule has 2 aliphatic rings. The number of hydrogen-bond donors (Lipinski definition) is 2. The Morgan fingerprint density at radius 2 is 1.94 bits per heavy atom. The smallest absolute Gasteiger partial charge is 0.263 e. The van der Waals surface area contributed by atoms with Gasteiger partial charge in [-0.1, -0.05) is 12.1 Å². The van der Waals surface area contributed by atoms with Gasteiger partial charge in [0.15, 0.2) is 0 Å². The fourth-order valence-corrected chi connectivity index (χ4v) is 4.14. The maximum absolute atomic E-state index is 11.6. The van der Waals surface area contributed by atoms with Crippen molar-refractivity contribution in [1.29, 1.82) is 0 Å². The largest absolute Gasteiger partial charge is 0.508 e. The molecular weight excluding hydrogens is 422 g/mol. The number of ether oxygens (including phenoxy) is 1. The highest BCUT2D eigenvalue weighted by molar-refractivity contribution is 7.11. The molecule has 2 heterocycles. The van der Waals surface area contributed by atoms with Crippen LogP contribution in [0.3, 0.4) is 0 Å². The number of hydrogen-bond acceptors (Lipinski definition) is 6. The van der Waals surface area contributed by atoms with Crippen molar-refractivity contribution in [1.82, 2.24) is 10.3 Å². The number of carbonyl (C=O) groups is 1. The number of thiazole rings is 1. The number of nitrogens with zero attached hydrogens (tertiary/aromatic N) is 2. The zero-order valence-corrected chi connectivity index (χ0v) is 19.1. The Hall–Kier alpha value is -3.06. The number of anilines is 1. The third kappa shape index (κ3) is 6.23. The highest BCUT2D eigenvalue weighted by Gasteiger charge is 2.24. The zero-order chi connectivity index (χ0) is 22.3. The fourth-order valence-electron chi connectivity index (χ4n) is 3.60. The number of aromatic nitrogens is 1. The van der Waals surface area contributed by atoms with Crippen LogP contribution in [-0.2, 0) is 6.54 Å². The number of aryl methyl sites for hydroxylation is 1. The molecule has 2 N–H and O–H groups in total. The summed E-state index contributed by atoms with van der Waals surface area (Å²) < 4.78 is 5.81. The molecule has 5 rings (SSSR count). The number of amides is 1. The van der Waals surface area contributed by atoms with Gasteiger partial charge in [0.2, 0.25) is 0 Å². The SMILES string of the molecule is Cc1cc(OC2CC2)ccc1N1CCCC1.O=C(NCc1ccc(O)cc1)c1cncs1. The summed E-state index contributed by atoms with van der Waals surface area (Å²) in [7, 11) is 0. The molecule has 0 unspecified atom stereocenters. The molecule has 0 radical (unpaired) electrons. The molecule has 1 aromatic heterocycles. The van der Waals surface area contributed by atoms with E-state index in [1.54, 1.807) is 29.8 Å². The van der Waals surface area contributed by atoms with Gasteiger partial charge in [-0.25, -0.2) is 0 Å². The maximum Gasteiger partial charge on any atom is 0.263 e. The predicted molar refractivity (Wildman–Crippen MR) is 128 cm³/mol. The van der Waals surface area contributed by atoms with E-state index in [1.807, 2.05) is 0 Å². The Balaban J connectivity index is 0.000000153. The first-order valence-electron chi connectivity index (χ1n) is 11.1. The van der Waals surface area contributed by atoms with Gasteiger partial charge in [0.25, 0.3) is 5.91 Å². The van der Waals surface area contributed by atoms with Crippen LogP contribution in [0.25, 0.3) is 0 Å². The van der Waals surface area contributed by atoms with Crippen LogP contribution in [0.1, 0.15) is 46.5 Å².